The predicted molar refractivity (Wildman–Crippen MR) is 57.6 cm³/mol. The third kappa shape index (κ3) is 6.76. The predicted octanol–water partition coefficient (Wildman–Crippen LogP) is 1.43. The molecule has 0 bridgehead atoms. The number of rotatable bonds is 7. The molecular formula is C9H14F3N3S. The Balaban J connectivity index is 1.89. The lowest BCUT2D eigenvalue weighted by Gasteiger charge is -2.08. The van der Waals surface area contributed by atoms with Gasteiger partial charge in [-0.05, 0) is 0 Å². The van der Waals surface area contributed by atoms with E-state index in [9.17, 15) is 13.2 Å². The van der Waals surface area contributed by atoms with Crippen LogP contribution in [0.4, 0.5) is 13.2 Å². The molecule has 1 aromatic rings. The number of hydrogen-bond donors (Lipinski definition) is 2. The molecule has 1 heterocycles. The number of nitrogens with zero attached hydrogens (tertiary/aromatic N) is 1. The maximum atomic E-state index is 11.7. The summed E-state index contributed by atoms with van der Waals surface area (Å²) in [5.41, 5.74) is 2.78. The van der Waals surface area contributed by atoms with Crippen molar-refractivity contribution < 1.29 is 13.2 Å². The van der Waals surface area contributed by atoms with Gasteiger partial charge < -0.3 is 10.6 Å². The summed E-state index contributed by atoms with van der Waals surface area (Å²) in [4.78, 5) is 4.10. The molecule has 0 fully saturated rings. The molecule has 0 aliphatic heterocycles. The molecule has 0 radical (unpaired) electrons. The Morgan fingerprint density at radius 1 is 1.19 bits per heavy atom. The van der Waals surface area contributed by atoms with E-state index in [1.54, 1.807) is 5.51 Å². The molecule has 0 amide bonds. The topological polar surface area (TPSA) is 37.0 Å². The molecule has 1 aromatic heterocycles. The molecule has 0 aromatic carbocycles. The number of halogens is 3. The molecule has 0 aliphatic carbocycles. The van der Waals surface area contributed by atoms with Crippen molar-refractivity contribution in [2.75, 3.05) is 26.2 Å². The third-order valence-electron chi connectivity index (χ3n) is 1.85. The molecule has 0 unspecified atom stereocenters. The van der Waals surface area contributed by atoms with Gasteiger partial charge in [-0.2, -0.15) is 13.2 Å². The molecule has 0 aliphatic rings. The molecule has 0 saturated heterocycles. The maximum Gasteiger partial charge on any atom is 0.401 e. The average Bonchev–Trinajstić information content (AvgIpc) is 2.67. The Morgan fingerprint density at radius 3 is 2.56 bits per heavy atom. The standard InChI is InChI=1S/C9H14F3N3S/c10-9(11,12)6-14-4-3-13-2-1-8-5-16-7-15-8/h5,7,13-14H,1-4,6H2. The van der Waals surface area contributed by atoms with Gasteiger partial charge in [-0.15, -0.1) is 11.3 Å². The summed E-state index contributed by atoms with van der Waals surface area (Å²) in [5, 5.41) is 7.32. The summed E-state index contributed by atoms with van der Waals surface area (Å²) < 4.78 is 35.2. The van der Waals surface area contributed by atoms with E-state index in [0.29, 0.717) is 13.1 Å². The van der Waals surface area contributed by atoms with Crippen LogP contribution in [-0.2, 0) is 6.42 Å². The highest BCUT2D eigenvalue weighted by atomic mass is 32.1. The van der Waals surface area contributed by atoms with Crippen molar-refractivity contribution in [3.05, 3.63) is 16.6 Å². The second kappa shape index (κ2) is 6.82. The number of nitrogens with one attached hydrogen (secondary N) is 2. The highest BCUT2D eigenvalue weighted by Crippen LogP contribution is 2.11. The van der Waals surface area contributed by atoms with E-state index in [2.05, 4.69) is 15.6 Å². The molecule has 0 saturated carbocycles. The van der Waals surface area contributed by atoms with Crippen molar-refractivity contribution in [2.24, 2.45) is 0 Å². The summed E-state index contributed by atoms with van der Waals surface area (Å²) in [6.45, 7) is 0.648. The fourth-order valence-electron chi connectivity index (χ4n) is 1.11. The number of hydrogen-bond acceptors (Lipinski definition) is 4. The van der Waals surface area contributed by atoms with Crippen molar-refractivity contribution in [2.45, 2.75) is 12.6 Å². The second-order valence-electron chi connectivity index (χ2n) is 3.27. The van der Waals surface area contributed by atoms with E-state index in [1.807, 2.05) is 5.38 Å². The van der Waals surface area contributed by atoms with Gasteiger partial charge in [0.25, 0.3) is 0 Å². The molecule has 0 atom stereocenters. The van der Waals surface area contributed by atoms with Crippen molar-refractivity contribution in [3.8, 4) is 0 Å². The van der Waals surface area contributed by atoms with E-state index < -0.39 is 12.7 Å². The zero-order valence-electron chi connectivity index (χ0n) is 8.68. The van der Waals surface area contributed by atoms with Gasteiger partial charge in [0.15, 0.2) is 0 Å². The Kier molecular flexibility index (Phi) is 5.72. The maximum absolute atomic E-state index is 11.7. The van der Waals surface area contributed by atoms with Crippen LogP contribution >= 0.6 is 11.3 Å². The SMILES string of the molecule is FC(F)(F)CNCCNCCc1cscn1. The highest BCUT2D eigenvalue weighted by Gasteiger charge is 2.25. The van der Waals surface area contributed by atoms with Gasteiger partial charge in [-0.25, -0.2) is 4.98 Å². The lowest BCUT2D eigenvalue weighted by Crippen LogP contribution is -2.34. The minimum absolute atomic E-state index is 0.316. The molecule has 3 nitrogen and oxygen atoms in total. The summed E-state index contributed by atoms with van der Waals surface area (Å²) >= 11 is 1.54. The van der Waals surface area contributed by atoms with Crippen LogP contribution in [-0.4, -0.2) is 37.3 Å². The lowest BCUT2D eigenvalue weighted by molar-refractivity contribution is -0.124. The second-order valence-corrected chi connectivity index (χ2v) is 3.99. The molecule has 92 valence electrons. The minimum atomic E-state index is -4.12. The van der Waals surface area contributed by atoms with Crippen molar-refractivity contribution >= 4 is 11.3 Å². The van der Waals surface area contributed by atoms with Gasteiger partial charge >= 0.3 is 6.18 Å². The molecule has 16 heavy (non-hydrogen) atoms. The van der Waals surface area contributed by atoms with Crippen molar-refractivity contribution in [1.82, 2.24) is 15.6 Å². The quantitative estimate of drug-likeness (QED) is 0.722. The average molecular weight is 253 g/mol. The molecule has 7 heteroatoms. The van der Waals surface area contributed by atoms with E-state index >= 15 is 0 Å². The van der Waals surface area contributed by atoms with E-state index in [4.69, 9.17) is 0 Å². The van der Waals surface area contributed by atoms with Crippen molar-refractivity contribution in [3.63, 3.8) is 0 Å². The fraction of sp³-hybridized carbons (Fsp3) is 0.667. The van der Waals surface area contributed by atoms with Crippen LogP contribution in [0.1, 0.15) is 5.69 Å². The molecule has 1 rings (SSSR count). The first kappa shape index (κ1) is 13.4. The number of aromatic nitrogens is 1. The third-order valence-corrected chi connectivity index (χ3v) is 2.48. The normalized spacial score (nSPS) is 11.9. The summed E-state index contributed by atoms with van der Waals surface area (Å²) in [6, 6.07) is 0. The van der Waals surface area contributed by atoms with Gasteiger partial charge in [0, 0.05) is 31.4 Å². The summed E-state index contributed by atoms with van der Waals surface area (Å²) in [5.74, 6) is 0. The molecule has 0 spiro atoms. The fourth-order valence-corrected chi connectivity index (χ4v) is 1.70. The Morgan fingerprint density at radius 2 is 1.94 bits per heavy atom. The Bertz CT molecular complexity index is 274. The van der Waals surface area contributed by atoms with E-state index in [0.717, 1.165) is 18.7 Å². The molecule has 2 N–H and O–H groups in total. The van der Waals surface area contributed by atoms with Crippen LogP contribution in [0.5, 0.6) is 0 Å². The van der Waals surface area contributed by atoms with Gasteiger partial charge in [-0.1, -0.05) is 0 Å². The zero-order chi connectivity index (χ0) is 11.9. The van der Waals surface area contributed by atoms with Gasteiger partial charge in [0.05, 0.1) is 17.7 Å². The van der Waals surface area contributed by atoms with E-state index in [1.165, 1.54) is 11.3 Å². The first-order chi connectivity index (χ1) is 7.58. The van der Waals surface area contributed by atoms with Crippen LogP contribution < -0.4 is 10.6 Å². The molecular weight excluding hydrogens is 239 g/mol. The van der Waals surface area contributed by atoms with Crippen LogP contribution in [0.2, 0.25) is 0 Å². The minimum Gasteiger partial charge on any atom is -0.315 e. The summed E-state index contributed by atoms with van der Waals surface area (Å²) in [6.07, 6.45) is -3.32. The van der Waals surface area contributed by atoms with Gasteiger partial charge in [0.2, 0.25) is 0 Å². The smallest absolute Gasteiger partial charge is 0.315 e. The van der Waals surface area contributed by atoms with Crippen LogP contribution in [0.25, 0.3) is 0 Å². The first-order valence-corrected chi connectivity index (χ1v) is 5.87. The Labute approximate surface area is 96.1 Å². The van der Waals surface area contributed by atoms with Crippen LogP contribution in [0, 0.1) is 0 Å². The zero-order valence-corrected chi connectivity index (χ0v) is 9.50. The number of alkyl halides is 3. The lowest BCUT2D eigenvalue weighted by atomic mass is 10.3. The van der Waals surface area contributed by atoms with Crippen LogP contribution in [0.15, 0.2) is 10.9 Å². The highest BCUT2D eigenvalue weighted by molar-refractivity contribution is 7.07. The first-order valence-electron chi connectivity index (χ1n) is 4.93. The number of thiazole rings is 1. The van der Waals surface area contributed by atoms with Gasteiger partial charge in [0.1, 0.15) is 0 Å². The van der Waals surface area contributed by atoms with Gasteiger partial charge in [-0.3, -0.25) is 0 Å². The largest absolute Gasteiger partial charge is 0.401 e. The summed E-state index contributed by atoms with van der Waals surface area (Å²) in [7, 11) is 0. The van der Waals surface area contributed by atoms with E-state index in [-0.39, 0.29) is 0 Å². The monoisotopic (exact) mass is 253 g/mol. The van der Waals surface area contributed by atoms with Crippen LogP contribution in [0.3, 0.4) is 0 Å². The Hall–Kier alpha value is -0.660. The van der Waals surface area contributed by atoms with Crippen molar-refractivity contribution in [1.29, 1.82) is 0 Å².